The number of hydrogen-bond acceptors (Lipinski definition) is 1. The maximum Gasteiger partial charge on any atom is 0.137 e. The summed E-state index contributed by atoms with van der Waals surface area (Å²) >= 11 is 3.28. The summed E-state index contributed by atoms with van der Waals surface area (Å²) in [5.74, 6) is -0.0258. The number of nitrogens with two attached hydrogens (primary N) is 1. The third-order valence-corrected chi connectivity index (χ3v) is 3.44. The van der Waals surface area contributed by atoms with E-state index in [4.69, 9.17) is 5.73 Å². The van der Waals surface area contributed by atoms with Crippen LogP contribution < -0.4 is 5.73 Å². The van der Waals surface area contributed by atoms with Crippen LogP contribution in [0.3, 0.4) is 0 Å². The van der Waals surface area contributed by atoms with E-state index in [0.717, 1.165) is 16.7 Å². The van der Waals surface area contributed by atoms with Crippen LogP contribution in [0, 0.1) is 19.7 Å². The normalized spacial score (nSPS) is 13.0. The number of aryl methyl sites for hydroxylation is 1. The van der Waals surface area contributed by atoms with E-state index >= 15 is 0 Å². The van der Waals surface area contributed by atoms with Gasteiger partial charge in [0.25, 0.3) is 0 Å². The van der Waals surface area contributed by atoms with Crippen molar-refractivity contribution >= 4 is 15.9 Å². The van der Waals surface area contributed by atoms with Crippen LogP contribution in [0.5, 0.6) is 0 Å². The Morgan fingerprint density at radius 2 is 2.07 bits per heavy atom. The smallest absolute Gasteiger partial charge is 0.137 e. The highest BCUT2D eigenvalue weighted by molar-refractivity contribution is 9.10. The van der Waals surface area contributed by atoms with Crippen molar-refractivity contribution in [2.45, 2.75) is 26.7 Å². The molecule has 3 heteroatoms. The summed E-state index contributed by atoms with van der Waals surface area (Å²) in [5.41, 5.74) is 8.68. The molecule has 0 saturated heterocycles. The van der Waals surface area contributed by atoms with Gasteiger partial charge in [0.15, 0.2) is 0 Å². The van der Waals surface area contributed by atoms with Crippen molar-refractivity contribution in [3.63, 3.8) is 0 Å². The Kier molecular flexibility index (Phi) is 3.67. The minimum atomic E-state index is -0.205. The number of rotatable bonds is 2. The van der Waals surface area contributed by atoms with Gasteiger partial charge in [0.05, 0.1) is 4.47 Å². The molecule has 1 unspecified atom stereocenters. The van der Waals surface area contributed by atoms with Crippen LogP contribution in [-0.2, 0) is 0 Å². The summed E-state index contributed by atoms with van der Waals surface area (Å²) in [5, 5.41) is 0. The Bertz CT molecular complexity index is 323. The Morgan fingerprint density at radius 3 is 2.57 bits per heavy atom. The molecular weight excluding hydrogens is 245 g/mol. The van der Waals surface area contributed by atoms with E-state index in [2.05, 4.69) is 15.9 Å². The fourth-order valence-corrected chi connectivity index (χ4v) is 2.37. The summed E-state index contributed by atoms with van der Waals surface area (Å²) in [6.45, 7) is 6.45. The van der Waals surface area contributed by atoms with Crippen molar-refractivity contribution in [1.29, 1.82) is 0 Å². The first-order valence-electron chi connectivity index (χ1n) is 4.64. The zero-order chi connectivity index (χ0) is 10.9. The maximum atomic E-state index is 13.4. The van der Waals surface area contributed by atoms with Gasteiger partial charge in [-0.15, -0.1) is 0 Å². The zero-order valence-corrected chi connectivity index (χ0v) is 10.3. The summed E-state index contributed by atoms with van der Waals surface area (Å²) in [6, 6.07) is 1.55. The van der Waals surface area contributed by atoms with Crippen molar-refractivity contribution in [2.75, 3.05) is 6.54 Å². The van der Waals surface area contributed by atoms with E-state index in [-0.39, 0.29) is 11.7 Å². The first-order valence-corrected chi connectivity index (χ1v) is 5.43. The van der Waals surface area contributed by atoms with Gasteiger partial charge in [-0.1, -0.05) is 6.92 Å². The summed E-state index contributed by atoms with van der Waals surface area (Å²) in [4.78, 5) is 0. The maximum absolute atomic E-state index is 13.4. The Hall–Kier alpha value is -0.410. The second-order valence-electron chi connectivity index (χ2n) is 3.66. The lowest BCUT2D eigenvalue weighted by atomic mass is 9.93. The van der Waals surface area contributed by atoms with Crippen LogP contribution in [0.1, 0.15) is 29.5 Å². The second-order valence-corrected chi connectivity index (χ2v) is 4.46. The highest BCUT2D eigenvalue weighted by Crippen LogP contribution is 2.31. The Balaban J connectivity index is 3.39. The standard InChI is InChI=1S/C11H15BrFN/c1-6-4-9(13)11(12)10(8(6)3)7(2)5-14/h4,7H,5,14H2,1-3H3. The van der Waals surface area contributed by atoms with Gasteiger partial charge in [-0.2, -0.15) is 0 Å². The molecule has 0 aliphatic heterocycles. The first-order chi connectivity index (χ1) is 6.49. The lowest BCUT2D eigenvalue weighted by Gasteiger charge is -2.17. The van der Waals surface area contributed by atoms with Gasteiger partial charge in [-0.25, -0.2) is 4.39 Å². The van der Waals surface area contributed by atoms with Crippen LogP contribution in [-0.4, -0.2) is 6.54 Å². The SMILES string of the molecule is Cc1cc(F)c(Br)c(C(C)CN)c1C. The number of benzene rings is 1. The predicted octanol–water partition coefficient (Wildman–Crippen LogP) is 3.27. The fraction of sp³-hybridized carbons (Fsp3) is 0.455. The minimum Gasteiger partial charge on any atom is -0.330 e. The van der Waals surface area contributed by atoms with Gasteiger partial charge >= 0.3 is 0 Å². The van der Waals surface area contributed by atoms with Crippen LogP contribution in [0.15, 0.2) is 10.5 Å². The molecule has 0 aliphatic carbocycles. The summed E-state index contributed by atoms with van der Waals surface area (Å²) in [7, 11) is 0. The number of hydrogen-bond donors (Lipinski definition) is 1. The molecule has 14 heavy (non-hydrogen) atoms. The van der Waals surface area contributed by atoms with Gasteiger partial charge in [0.1, 0.15) is 5.82 Å². The topological polar surface area (TPSA) is 26.0 Å². The molecule has 0 spiro atoms. The molecule has 0 aliphatic rings. The molecule has 0 aromatic heterocycles. The first kappa shape index (κ1) is 11.7. The van der Waals surface area contributed by atoms with Gasteiger partial charge in [0.2, 0.25) is 0 Å². The van der Waals surface area contributed by atoms with Gasteiger partial charge in [0, 0.05) is 0 Å². The highest BCUT2D eigenvalue weighted by Gasteiger charge is 2.16. The van der Waals surface area contributed by atoms with Crippen molar-refractivity contribution in [3.8, 4) is 0 Å². The van der Waals surface area contributed by atoms with Crippen molar-refractivity contribution in [2.24, 2.45) is 5.73 Å². The molecule has 0 amide bonds. The van der Waals surface area contributed by atoms with Crippen molar-refractivity contribution in [1.82, 2.24) is 0 Å². The van der Waals surface area contributed by atoms with Gasteiger partial charge < -0.3 is 5.73 Å². The van der Waals surface area contributed by atoms with E-state index in [1.807, 2.05) is 20.8 Å². The van der Waals surface area contributed by atoms with E-state index in [9.17, 15) is 4.39 Å². The van der Waals surface area contributed by atoms with Crippen molar-refractivity contribution < 1.29 is 4.39 Å². The van der Waals surface area contributed by atoms with Crippen LogP contribution in [0.25, 0.3) is 0 Å². The van der Waals surface area contributed by atoms with Gasteiger partial charge in [-0.05, 0) is 65.0 Å². The molecule has 78 valence electrons. The van der Waals surface area contributed by atoms with E-state index in [1.54, 1.807) is 6.07 Å². The average molecular weight is 260 g/mol. The van der Waals surface area contributed by atoms with Crippen LogP contribution in [0.4, 0.5) is 4.39 Å². The fourth-order valence-electron chi connectivity index (χ4n) is 1.57. The van der Waals surface area contributed by atoms with E-state index < -0.39 is 0 Å². The second kappa shape index (κ2) is 4.41. The molecule has 2 N–H and O–H groups in total. The third kappa shape index (κ3) is 1.98. The lowest BCUT2D eigenvalue weighted by molar-refractivity contribution is 0.610. The zero-order valence-electron chi connectivity index (χ0n) is 8.70. The van der Waals surface area contributed by atoms with Crippen LogP contribution in [0.2, 0.25) is 0 Å². The molecule has 0 heterocycles. The minimum absolute atomic E-state index is 0.179. The lowest BCUT2D eigenvalue weighted by Crippen LogP contribution is -2.12. The molecule has 1 aromatic carbocycles. The van der Waals surface area contributed by atoms with Gasteiger partial charge in [-0.3, -0.25) is 0 Å². The van der Waals surface area contributed by atoms with E-state index in [1.165, 1.54) is 0 Å². The molecule has 0 fully saturated rings. The van der Waals surface area contributed by atoms with Crippen LogP contribution >= 0.6 is 15.9 Å². The molecule has 0 radical (unpaired) electrons. The molecular formula is C11H15BrFN. The Labute approximate surface area is 92.6 Å². The summed E-state index contributed by atoms with van der Waals surface area (Å²) < 4.78 is 14.0. The largest absolute Gasteiger partial charge is 0.330 e. The molecule has 0 saturated carbocycles. The summed E-state index contributed by atoms with van der Waals surface area (Å²) in [6.07, 6.45) is 0. The molecule has 1 rings (SSSR count). The van der Waals surface area contributed by atoms with Crippen molar-refractivity contribution in [3.05, 3.63) is 33.0 Å². The molecule has 1 aromatic rings. The quantitative estimate of drug-likeness (QED) is 0.867. The average Bonchev–Trinajstić information content (AvgIpc) is 2.15. The third-order valence-electron chi connectivity index (χ3n) is 2.63. The Morgan fingerprint density at radius 1 is 1.50 bits per heavy atom. The molecule has 1 nitrogen and oxygen atoms in total. The predicted molar refractivity (Wildman–Crippen MR) is 61.0 cm³/mol. The number of halogens is 2. The van der Waals surface area contributed by atoms with E-state index in [0.29, 0.717) is 11.0 Å². The highest BCUT2D eigenvalue weighted by atomic mass is 79.9. The molecule has 1 atom stereocenters. The monoisotopic (exact) mass is 259 g/mol. The molecule has 0 bridgehead atoms.